The summed E-state index contributed by atoms with van der Waals surface area (Å²) < 4.78 is 5.20. The number of ether oxygens (including phenoxy) is 1. The molecule has 24 heavy (non-hydrogen) atoms. The van der Waals surface area contributed by atoms with E-state index in [4.69, 9.17) is 4.74 Å². The van der Waals surface area contributed by atoms with Crippen molar-refractivity contribution in [2.75, 3.05) is 26.7 Å². The van der Waals surface area contributed by atoms with Crippen LogP contribution < -0.4 is 4.74 Å². The van der Waals surface area contributed by atoms with Gasteiger partial charge in [-0.15, -0.1) is 0 Å². The number of carboxylic acids is 1. The van der Waals surface area contributed by atoms with Crippen LogP contribution in [0.5, 0.6) is 5.75 Å². The molecule has 1 N–H and O–H groups in total. The highest BCUT2D eigenvalue weighted by molar-refractivity contribution is 5.70. The first-order chi connectivity index (χ1) is 11.6. The Balaban J connectivity index is 1.84. The molecule has 1 unspecified atom stereocenters. The largest absolute Gasteiger partial charge is 0.497 e. The van der Waals surface area contributed by atoms with E-state index >= 15 is 0 Å². The molecule has 0 bridgehead atoms. The lowest BCUT2D eigenvalue weighted by molar-refractivity contribution is -0.142. The first kappa shape index (κ1) is 18.5. The Morgan fingerprint density at radius 3 is 2.58 bits per heavy atom. The van der Waals surface area contributed by atoms with E-state index in [9.17, 15) is 9.90 Å². The molecule has 1 atom stereocenters. The van der Waals surface area contributed by atoms with Crippen LogP contribution in [0.15, 0.2) is 30.3 Å². The molecule has 0 saturated carbocycles. The normalized spacial score (nSPS) is 16.5. The average molecular weight is 331 g/mol. The predicted octanol–water partition coefficient (Wildman–Crippen LogP) is 4.07. The minimum atomic E-state index is -0.644. The molecule has 1 heterocycles. The zero-order valence-electron chi connectivity index (χ0n) is 14.8. The van der Waals surface area contributed by atoms with Crippen LogP contribution in [0.25, 0.3) is 5.57 Å². The quantitative estimate of drug-likeness (QED) is 0.741. The van der Waals surface area contributed by atoms with Crippen molar-refractivity contribution in [2.45, 2.75) is 39.0 Å². The number of carboxylic acid groups (broad SMARTS) is 1. The van der Waals surface area contributed by atoms with Crippen molar-refractivity contribution >= 4 is 11.5 Å². The maximum Gasteiger partial charge on any atom is 0.306 e. The summed E-state index contributed by atoms with van der Waals surface area (Å²) in [5, 5.41) is 9.32. The van der Waals surface area contributed by atoms with Gasteiger partial charge in [-0.05, 0) is 49.1 Å². The molecule has 4 nitrogen and oxygen atoms in total. The minimum Gasteiger partial charge on any atom is -0.497 e. The zero-order chi connectivity index (χ0) is 17.4. The summed E-state index contributed by atoms with van der Waals surface area (Å²) in [4.78, 5) is 13.7. The Bertz CT molecular complexity index is 551. The van der Waals surface area contributed by atoms with Crippen LogP contribution in [-0.2, 0) is 4.79 Å². The van der Waals surface area contributed by atoms with E-state index in [0.29, 0.717) is 0 Å². The van der Waals surface area contributed by atoms with Gasteiger partial charge in [-0.2, -0.15) is 0 Å². The number of benzene rings is 1. The van der Waals surface area contributed by atoms with E-state index in [-0.39, 0.29) is 5.92 Å². The molecule has 4 heteroatoms. The van der Waals surface area contributed by atoms with Gasteiger partial charge in [0.25, 0.3) is 0 Å². The van der Waals surface area contributed by atoms with Crippen LogP contribution in [0.4, 0.5) is 0 Å². The van der Waals surface area contributed by atoms with E-state index < -0.39 is 5.97 Å². The highest BCUT2D eigenvalue weighted by Crippen LogP contribution is 2.25. The summed E-state index contributed by atoms with van der Waals surface area (Å²) in [5.41, 5.74) is 2.62. The number of nitrogens with zero attached hydrogens (tertiary/aromatic N) is 1. The topological polar surface area (TPSA) is 49.8 Å². The molecular formula is C20H29NO3. The van der Waals surface area contributed by atoms with Crippen molar-refractivity contribution in [1.29, 1.82) is 0 Å². The molecule has 0 spiro atoms. The number of unbranched alkanes of at least 4 members (excludes halogenated alkanes) is 1. The third kappa shape index (κ3) is 5.38. The first-order valence-corrected chi connectivity index (χ1v) is 8.92. The van der Waals surface area contributed by atoms with Gasteiger partial charge in [0.2, 0.25) is 0 Å². The molecule has 1 aliphatic rings. The third-order valence-electron chi connectivity index (χ3n) is 4.80. The van der Waals surface area contributed by atoms with E-state index in [0.717, 1.165) is 57.5 Å². The summed E-state index contributed by atoms with van der Waals surface area (Å²) in [6.07, 6.45) is 6.89. The molecule has 0 saturated heterocycles. The van der Waals surface area contributed by atoms with Gasteiger partial charge in [0, 0.05) is 13.1 Å². The van der Waals surface area contributed by atoms with Crippen molar-refractivity contribution < 1.29 is 14.6 Å². The number of aliphatic carboxylic acids is 1. The van der Waals surface area contributed by atoms with E-state index in [1.165, 1.54) is 11.1 Å². The van der Waals surface area contributed by atoms with Gasteiger partial charge in [-0.3, -0.25) is 9.69 Å². The molecule has 2 rings (SSSR count). The summed E-state index contributed by atoms with van der Waals surface area (Å²) in [6.45, 7) is 4.88. The lowest BCUT2D eigenvalue weighted by atomic mass is 9.96. The Hall–Kier alpha value is -1.81. The lowest BCUT2D eigenvalue weighted by Crippen LogP contribution is -2.31. The van der Waals surface area contributed by atoms with Crippen LogP contribution in [0, 0.1) is 5.92 Å². The average Bonchev–Trinajstić information content (AvgIpc) is 2.62. The molecule has 1 aromatic rings. The molecular weight excluding hydrogens is 302 g/mol. The molecule has 1 aromatic carbocycles. The highest BCUT2D eigenvalue weighted by atomic mass is 16.5. The van der Waals surface area contributed by atoms with Gasteiger partial charge in [0.05, 0.1) is 13.0 Å². The van der Waals surface area contributed by atoms with Crippen molar-refractivity contribution in [2.24, 2.45) is 5.92 Å². The summed E-state index contributed by atoms with van der Waals surface area (Å²) in [6, 6.07) is 8.19. The SMILES string of the molecule is CCCCC(CCN1CC=C(c2ccc(OC)cc2)CC1)C(=O)O. The Kier molecular flexibility index (Phi) is 7.32. The van der Waals surface area contributed by atoms with Crippen LogP contribution >= 0.6 is 0 Å². The van der Waals surface area contributed by atoms with Crippen LogP contribution in [0.3, 0.4) is 0 Å². The number of methoxy groups -OCH3 is 1. The van der Waals surface area contributed by atoms with Gasteiger partial charge in [-0.1, -0.05) is 38.0 Å². The lowest BCUT2D eigenvalue weighted by Gasteiger charge is -2.27. The maximum absolute atomic E-state index is 11.3. The number of rotatable bonds is 9. The van der Waals surface area contributed by atoms with Crippen molar-refractivity contribution in [3.8, 4) is 5.75 Å². The monoisotopic (exact) mass is 331 g/mol. The molecule has 1 aliphatic heterocycles. The van der Waals surface area contributed by atoms with Crippen LogP contribution in [-0.4, -0.2) is 42.7 Å². The fourth-order valence-electron chi connectivity index (χ4n) is 3.16. The van der Waals surface area contributed by atoms with Gasteiger partial charge in [0.15, 0.2) is 0 Å². The van der Waals surface area contributed by atoms with Crippen LogP contribution in [0.2, 0.25) is 0 Å². The second-order valence-corrected chi connectivity index (χ2v) is 6.47. The van der Waals surface area contributed by atoms with Crippen molar-refractivity contribution in [1.82, 2.24) is 4.90 Å². The molecule has 0 aromatic heterocycles. The van der Waals surface area contributed by atoms with Gasteiger partial charge >= 0.3 is 5.97 Å². The van der Waals surface area contributed by atoms with Gasteiger partial charge < -0.3 is 9.84 Å². The maximum atomic E-state index is 11.3. The molecule has 0 amide bonds. The van der Waals surface area contributed by atoms with Crippen molar-refractivity contribution in [3.63, 3.8) is 0 Å². The Labute approximate surface area is 145 Å². The van der Waals surface area contributed by atoms with Crippen LogP contribution in [0.1, 0.15) is 44.6 Å². The zero-order valence-corrected chi connectivity index (χ0v) is 14.8. The molecule has 132 valence electrons. The Morgan fingerprint density at radius 2 is 2.04 bits per heavy atom. The fourth-order valence-corrected chi connectivity index (χ4v) is 3.16. The third-order valence-corrected chi connectivity index (χ3v) is 4.80. The summed E-state index contributed by atoms with van der Waals surface area (Å²) in [7, 11) is 1.68. The van der Waals surface area contributed by atoms with Crippen molar-refractivity contribution in [3.05, 3.63) is 35.9 Å². The smallest absolute Gasteiger partial charge is 0.306 e. The number of carbonyl (C=O) groups is 1. The molecule has 0 aliphatic carbocycles. The highest BCUT2D eigenvalue weighted by Gasteiger charge is 2.19. The fraction of sp³-hybridized carbons (Fsp3) is 0.550. The minimum absolute atomic E-state index is 0.197. The predicted molar refractivity (Wildman–Crippen MR) is 97.3 cm³/mol. The number of hydrogen-bond acceptors (Lipinski definition) is 3. The standard InChI is InChI=1S/C20H29NO3/c1-3-4-5-18(20(22)23)12-15-21-13-10-17(11-14-21)16-6-8-19(24-2)9-7-16/h6-10,18H,3-5,11-15H2,1-2H3,(H,22,23). The second kappa shape index (κ2) is 9.48. The summed E-state index contributed by atoms with van der Waals surface area (Å²) >= 11 is 0. The van der Waals surface area contributed by atoms with Gasteiger partial charge in [0.1, 0.15) is 5.75 Å². The summed E-state index contributed by atoms with van der Waals surface area (Å²) in [5.74, 6) is 0.0374. The number of hydrogen-bond donors (Lipinski definition) is 1. The van der Waals surface area contributed by atoms with Gasteiger partial charge in [-0.25, -0.2) is 0 Å². The van der Waals surface area contributed by atoms with E-state index in [1.807, 2.05) is 12.1 Å². The van der Waals surface area contributed by atoms with E-state index in [1.54, 1.807) is 7.11 Å². The van der Waals surface area contributed by atoms with E-state index in [2.05, 4.69) is 30.0 Å². The second-order valence-electron chi connectivity index (χ2n) is 6.47. The molecule has 0 radical (unpaired) electrons. The Morgan fingerprint density at radius 1 is 1.29 bits per heavy atom. The molecule has 0 fully saturated rings. The first-order valence-electron chi connectivity index (χ1n) is 8.92.